The van der Waals surface area contributed by atoms with Gasteiger partial charge in [0.1, 0.15) is 5.69 Å². The summed E-state index contributed by atoms with van der Waals surface area (Å²) in [5.74, 6) is 0. The molecule has 2 N–H and O–H groups in total. The van der Waals surface area contributed by atoms with Crippen LogP contribution in [0.3, 0.4) is 0 Å². The number of alkyl halides is 3. The number of rotatable bonds is 5. The Bertz CT molecular complexity index is 1490. The Morgan fingerprint density at radius 2 is 1.68 bits per heavy atom. The van der Waals surface area contributed by atoms with Gasteiger partial charge in [-0.05, 0) is 42.8 Å². The molecule has 34 heavy (non-hydrogen) atoms. The normalized spacial score (nSPS) is 14.1. The van der Waals surface area contributed by atoms with Gasteiger partial charge in [-0.3, -0.25) is 4.68 Å². The van der Waals surface area contributed by atoms with E-state index >= 15 is 0 Å². The van der Waals surface area contributed by atoms with E-state index in [0.29, 0.717) is 16.4 Å². The van der Waals surface area contributed by atoms with Crippen molar-refractivity contribution in [3.05, 3.63) is 89.7 Å². The fourth-order valence-electron chi connectivity index (χ4n) is 4.24. The van der Waals surface area contributed by atoms with Gasteiger partial charge in [0, 0.05) is 10.8 Å². The molecule has 5 aromatic rings. The van der Waals surface area contributed by atoms with Crippen LogP contribution in [0, 0.1) is 6.92 Å². The number of aliphatic hydroxyl groups excluding tert-OH is 1. The van der Waals surface area contributed by atoms with Gasteiger partial charge >= 0.3 is 6.18 Å². The zero-order chi connectivity index (χ0) is 24.1. The molecular formula is C25H21F3N4O2. The Labute approximate surface area is 192 Å². The van der Waals surface area contributed by atoms with Crippen molar-refractivity contribution in [2.45, 2.75) is 25.2 Å². The molecule has 9 heteroatoms. The number of halogens is 3. The maximum absolute atomic E-state index is 14.5. The first kappa shape index (κ1) is 22.1. The van der Waals surface area contributed by atoms with Gasteiger partial charge in [0.2, 0.25) is 5.60 Å². The molecule has 0 bridgehead atoms. The summed E-state index contributed by atoms with van der Waals surface area (Å²) < 4.78 is 46.5. The summed E-state index contributed by atoms with van der Waals surface area (Å²) in [5.41, 5.74) is -1.42. The smallest absolute Gasteiger partial charge is 0.394 e. The van der Waals surface area contributed by atoms with E-state index in [1.54, 1.807) is 22.9 Å². The predicted octanol–water partition coefficient (Wildman–Crippen LogP) is 4.47. The van der Waals surface area contributed by atoms with Crippen molar-refractivity contribution in [2.75, 3.05) is 6.61 Å². The lowest BCUT2D eigenvalue weighted by Gasteiger charge is -2.30. The minimum atomic E-state index is -5.06. The SMILES string of the molecule is Cc1ccc(-n2ncc3cc(C(O)(c4nn(CCO)c5ccccc45)C(F)(F)F)ccc32)cc1. The lowest BCUT2D eigenvalue weighted by molar-refractivity contribution is -0.249. The number of aromatic nitrogens is 4. The number of para-hydroxylation sites is 1. The van der Waals surface area contributed by atoms with E-state index in [1.807, 2.05) is 31.2 Å². The maximum atomic E-state index is 14.5. The minimum absolute atomic E-state index is 0.00317. The highest BCUT2D eigenvalue weighted by atomic mass is 19.4. The second-order valence-corrected chi connectivity index (χ2v) is 8.19. The van der Waals surface area contributed by atoms with Crippen LogP contribution < -0.4 is 0 Å². The largest absolute Gasteiger partial charge is 0.427 e. The molecule has 2 aromatic heterocycles. The van der Waals surface area contributed by atoms with Crippen LogP contribution in [-0.2, 0) is 12.1 Å². The quantitative estimate of drug-likeness (QED) is 0.401. The molecule has 0 aliphatic rings. The second-order valence-electron chi connectivity index (χ2n) is 8.19. The summed E-state index contributed by atoms with van der Waals surface area (Å²) >= 11 is 0. The number of hydrogen-bond acceptors (Lipinski definition) is 4. The molecule has 0 spiro atoms. The van der Waals surface area contributed by atoms with E-state index in [1.165, 1.54) is 35.1 Å². The average molecular weight is 466 g/mol. The third-order valence-electron chi connectivity index (χ3n) is 5.99. The van der Waals surface area contributed by atoms with Gasteiger partial charge in [0.15, 0.2) is 0 Å². The number of fused-ring (bicyclic) bond motifs is 2. The van der Waals surface area contributed by atoms with Crippen LogP contribution in [0.5, 0.6) is 0 Å². The standard InChI is InChI=1S/C25H21F3N4O2/c1-16-6-9-19(10-7-16)32-21-11-8-18(14-17(21)15-29-32)24(34,25(26,27)28)23-20-4-2-3-5-22(20)31(30-23)12-13-33/h2-11,14-15,33-34H,12-13H2,1H3. The molecule has 0 aliphatic heterocycles. The summed E-state index contributed by atoms with van der Waals surface area (Å²) in [5, 5.41) is 29.7. The van der Waals surface area contributed by atoms with Gasteiger partial charge in [0.05, 0.1) is 36.1 Å². The molecule has 5 rings (SSSR count). The lowest BCUT2D eigenvalue weighted by Crippen LogP contribution is -2.44. The van der Waals surface area contributed by atoms with Gasteiger partial charge in [-0.15, -0.1) is 0 Å². The molecule has 6 nitrogen and oxygen atoms in total. The molecule has 2 heterocycles. The molecule has 0 saturated carbocycles. The molecule has 0 fully saturated rings. The molecule has 1 unspecified atom stereocenters. The average Bonchev–Trinajstić information content (AvgIpc) is 3.40. The van der Waals surface area contributed by atoms with Crippen molar-refractivity contribution in [2.24, 2.45) is 0 Å². The summed E-state index contributed by atoms with van der Waals surface area (Å²) in [6.45, 7) is 1.65. The van der Waals surface area contributed by atoms with Gasteiger partial charge in [-0.2, -0.15) is 23.4 Å². The highest BCUT2D eigenvalue weighted by molar-refractivity contribution is 5.85. The minimum Gasteiger partial charge on any atom is -0.394 e. The molecular weight excluding hydrogens is 445 g/mol. The third-order valence-corrected chi connectivity index (χ3v) is 5.99. The van der Waals surface area contributed by atoms with Gasteiger partial charge in [-0.1, -0.05) is 42.0 Å². The van der Waals surface area contributed by atoms with Crippen molar-refractivity contribution >= 4 is 21.8 Å². The Balaban J connectivity index is 1.70. The van der Waals surface area contributed by atoms with E-state index in [2.05, 4.69) is 10.2 Å². The van der Waals surface area contributed by atoms with Crippen LogP contribution in [-0.4, -0.2) is 42.6 Å². The van der Waals surface area contributed by atoms with Crippen molar-refractivity contribution in [1.29, 1.82) is 0 Å². The fourth-order valence-corrected chi connectivity index (χ4v) is 4.24. The van der Waals surface area contributed by atoms with Gasteiger partial charge < -0.3 is 10.2 Å². The second kappa shape index (κ2) is 7.96. The first-order valence-corrected chi connectivity index (χ1v) is 10.7. The number of benzene rings is 3. The van der Waals surface area contributed by atoms with Crippen molar-refractivity contribution in [1.82, 2.24) is 19.6 Å². The molecule has 3 aromatic carbocycles. The van der Waals surface area contributed by atoms with Crippen LogP contribution in [0.2, 0.25) is 0 Å². The topological polar surface area (TPSA) is 76.1 Å². The van der Waals surface area contributed by atoms with E-state index in [0.717, 1.165) is 11.3 Å². The maximum Gasteiger partial charge on any atom is 0.427 e. The predicted molar refractivity (Wildman–Crippen MR) is 122 cm³/mol. The van der Waals surface area contributed by atoms with E-state index in [-0.39, 0.29) is 24.1 Å². The molecule has 0 saturated heterocycles. The van der Waals surface area contributed by atoms with E-state index < -0.39 is 17.5 Å². The van der Waals surface area contributed by atoms with Crippen LogP contribution in [0.4, 0.5) is 13.2 Å². The van der Waals surface area contributed by atoms with Crippen LogP contribution >= 0.6 is 0 Å². The van der Waals surface area contributed by atoms with E-state index in [4.69, 9.17) is 0 Å². The van der Waals surface area contributed by atoms with Gasteiger partial charge in [0.25, 0.3) is 0 Å². The Morgan fingerprint density at radius 3 is 2.38 bits per heavy atom. The highest BCUT2D eigenvalue weighted by Crippen LogP contribution is 2.46. The summed E-state index contributed by atoms with van der Waals surface area (Å²) in [4.78, 5) is 0. The first-order chi connectivity index (χ1) is 16.2. The summed E-state index contributed by atoms with van der Waals surface area (Å²) in [7, 11) is 0. The zero-order valence-electron chi connectivity index (χ0n) is 18.2. The highest BCUT2D eigenvalue weighted by Gasteiger charge is 2.58. The number of nitrogens with zero attached hydrogens (tertiary/aromatic N) is 4. The third kappa shape index (κ3) is 3.36. The molecule has 174 valence electrons. The Morgan fingerprint density at radius 1 is 0.941 bits per heavy atom. The monoisotopic (exact) mass is 466 g/mol. The Kier molecular flexibility index (Phi) is 5.18. The number of hydrogen-bond donors (Lipinski definition) is 2. The molecule has 0 radical (unpaired) electrons. The number of aliphatic hydroxyl groups is 2. The van der Waals surface area contributed by atoms with E-state index in [9.17, 15) is 23.4 Å². The molecule has 1 atom stereocenters. The van der Waals surface area contributed by atoms with Crippen LogP contribution in [0.15, 0.2) is 72.9 Å². The summed E-state index contributed by atoms with van der Waals surface area (Å²) in [6.07, 6.45) is -3.59. The van der Waals surface area contributed by atoms with Crippen LogP contribution in [0.1, 0.15) is 16.8 Å². The van der Waals surface area contributed by atoms with Gasteiger partial charge in [-0.25, -0.2) is 4.68 Å². The van der Waals surface area contributed by atoms with Crippen molar-refractivity contribution in [3.8, 4) is 5.69 Å². The number of aryl methyl sites for hydroxylation is 1. The van der Waals surface area contributed by atoms with Crippen molar-refractivity contribution < 1.29 is 23.4 Å². The molecule has 0 aliphatic carbocycles. The lowest BCUT2D eigenvalue weighted by atomic mass is 9.87. The molecule has 0 amide bonds. The first-order valence-electron chi connectivity index (χ1n) is 10.7. The Hall–Kier alpha value is -3.69. The zero-order valence-corrected chi connectivity index (χ0v) is 18.2. The van der Waals surface area contributed by atoms with Crippen molar-refractivity contribution in [3.63, 3.8) is 0 Å². The summed E-state index contributed by atoms with van der Waals surface area (Å²) in [6, 6.07) is 18.0. The fraction of sp³-hybridized carbons (Fsp3) is 0.200. The van der Waals surface area contributed by atoms with Crippen LogP contribution in [0.25, 0.3) is 27.5 Å².